The summed E-state index contributed by atoms with van der Waals surface area (Å²) in [6.07, 6.45) is 0.879. The molecule has 0 radical (unpaired) electrons. The topological polar surface area (TPSA) is 17.1 Å². The van der Waals surface area contributed by atoms with Crippen molar-refractivity contribution >= 4 is 41.0 Å². The second-order valence-corrected chi connectivity index (χ2v) is 5.58. The van der Waals surface area contributed by atoms with Crippen LogP contribution in [0, 0.1) is 0 Å². The first kappa shape index (κ1) is 11.7. The average molecular weight is 269 g/mol. The van der Waals surface area contributed by atoms with Gasteiger partial charge in [-0.25, -0.2) is 0 Å². The number of aldehydes is 1. The molecule has 1 nitrogen and oxygen atoms in total. The molecule has 4 heteroatoms. The monoisotopic (exact) mass is 268 g/mol. The number of carbonyl (C=O) groups excluding carboxylic acids is 1. The summed E-state index contributed by atoms with van der Waals surface area (Å²) < 4.78 is 0. The van der Waals surface area contributed by atoms with E-state index < -0.39 is 0 Å². The van der Waals surface area contributed by atoms with Gasteiger partial charge in [0, 0.05) is 21.1 Å². The van der Waals surface area contributed by atoms with Gasteiger partial charge in [0.2, 0.25) is 0 Å². The summed E-state index contributed by atoms with van der Waals surface area (Å²) in [6, 6.07) is 9.71. The number of rotatable bonds is 4. The molecule has 0 atom stereocenters. The smallest absolute Gasteiger partial charge is 0.160 e. The maximum atomic E-state index is 10.5. The highest BCUT2D eigenvalue weighted by atomic mass is 35.5. The summed E-state index contributed by atoms with van der Waals surface area (Å²) in [7, 11) is 0. The van der Waals surface area contributed by atoms with Gasteiger partial charge in [0.05, 0.1) is 4.88 Å². The Morgan fingerprint density at radius 1 is 1.38 bits per heavy atom. The number of carbonyl (C=O) groups is 1. The van der Waals surface area contributed by atoms with Gasteiger partial charge in [0.15, 0.2) is 6.29 Å². The van der Waals surface area contributed by atoms with Crippen molar-refractivity contribution in [2.75, 3.05) is 0 Å². The highest BCUT2D eigenvalue weighted by Crippen LogP contribution is 2.29. The Hall–Kier alpha value is -0.770. The third-order valence-corrected chi connectivity index (χ3v) is 4.46. The first-order valence-electron chi connectivity index (χ1n) is 4.69. The third kappa shape index (κ3) is 2.88. The molecule has 0 aliphatic rings. The molecule has 1 heterocycles. The summed E-state index contributed by atoms with van der Waals surface area (Å²) in [6.45, 7) is 0. The maximum absolute atomic E-state index is 10.5. The van der Waals surface area contributed by atoms with Crippen molar-refractivity contribution < 1.29 is 4.79 Å². The zero-order chi connectivity index (χ0) is 11.4. The molecule has 0 saturated carbocycles. The maximum Gasteiger partial charge on any atom is 0.160 e. The van der Waals surface area contributed by atoms with Crippen LogP contribution in [-0.2, 0) is 5.75 Å². The molecule has 0 fully saturated rings. The first-order valence-corrected chi connectivity index (χ1v) is 6.94. The molecule has 0 aliphatic heterocycles. The summed E-state index contributed by atoms with van der Waals surface area (Å²) in [4.78, 5) is 12.4. The molecular weight excluding hydrogens is 260 g/mol. The van der Waals surface area contributed by atoms with E-state index in [9.17, 15) is 4.79 Å². The van der Waals surface area contributed by atoms with E-state index >= 15 is 0 Å². The zero-order valence-electron chi connectivity index (χ0n) is 8.35. The number of thioether (sulfide) groups is 1. The van der Waals surface area contributed by atoms with Gasteiger partial charge in [-0.2, -0.15) is 0 Å². The normalized spacial score (nSPS) is 10.3. The van der Waals surface area contributed by atoms with E-state index in [-0.39, 0.29) is 0 Å². The largest absolute Gasteiger partial charge is 0.297 e. The van der Waals surface area contributed by atoms with Crippen molar-refractivity contribution in [1.82, 2.24) is 0 Å². The van der Waals surface area contributed by atoms with Gasteiger partial charge in [-0.05, 0) is 17.7 Å². The lowest BCUT2D eigenvalue weighted by Crippen LogP contribution is -1.80. The number of hydrogen-bond acceptors (Lipinski definition) is 3. The molecule has 1 aromatic carbocycles. The summed E-state index contributed by atoms with van der Waals surface area (Å²) in [5, 5.41) is 2.78. The van der Waals surface area contributed by atoms with E-state index in [1.807, 2.05) is 35.7 Å². The van der Waals surface area contributed by atoms with Crippen LogP contribution >= 0.6 is 34.7 Å². The van der Waals surface area contributed by atoms with Gasteiger partial charge >= 0.3 is 0 Å². The minimum atomic E-state index is 0.765. The van der Waals surface area contributed by atoms with Crippen molar-refractivity contribution in [1.29, 1.82) is 0 Å². The van der Waals surface area contributed by atoms with E-state index in [4.69, 9.17) is 11.6 Å². The Labute approximate surface area is 107 Å². The lowest BCUT2D eigenvalue weighted by atomic mass is 10.2. The highest BCUT2D eigenvalue weighted by Gasteiger charge is 2.02. The Bertz CT molecular complexity index is 493. The van der Waals surface area contributed by atoms with Crippen molar-refractivity contribution in [3.05, 3.63) is 51.2 Å². The first-order chi connectivity index (χ1) is 7.79. The molecular formula is C12H9ClOS2. The number of thiophene rings is 1. The van der Waals surface area contributed by atoms with Crippen molar-refractivity contribution in [3.63, 3.8) is 0 Å². The second kappa shape index (κ2) is 5.53. The molecule has 0 saturated heterocycles. The minimum Gasteiger partial charge on any atom is -0.297 e. The highest BCUT2D eigenvalue weighted by molar-refractivity contribution is 7.98. The van der Waals surface area contributed by atoms with Crippen LogP contribution in [0.1, 0.15) is 15.2 Å². The Balaban J connectivity index is 2.02. The van der Waals surface area contributed by atoms with Crippen LogP contribution in [0.4, 0.5) is 0 Å². The lowest BCUT2D eigenvalue weighted by Gasteiger charge is -2.01. The predicted octanol–water partition coefficient (Wildman–Crippen LogP) is 4.51. The minimum absolute atomic E-state index is 0.765. The van der Waals surface area contributed by atoms with E-state index in [2.05, 4.69) is 0 Å². The van der Waals surface area contributed by atoms with Crippen LogP contribution in [0.2, 0.25) is 5.02 Å². The van der Waals surface area contributed by atoms with Gasteiger partial charge in [-0.1, -0.05) is 29.8 Å². The van der Waals surface area contributed by atoms with Crippen LogP contribution in [0.3, 0.4) is 0 Å². The second-order valence-electron chi connectivity index (χ2n) is 3.18. The van der Waals surface area contributed by atoms with Crippen LogP contribution in [0.15, 0.2) is 40.6 Å². The quantitative estimate of drug-likeness (QED) is 0.600. The summed E-state index contributed by atoms with van der Waals surface area (Å²) >= 11 is 9.21. The van der Waals surface area contributed by atoms with Gasteiger partial charge in [-0.3, -0.25) is 4.79 Å². The van der Waals surface area contributed by atoms with Crippen LogP contribution in [-0.4, -0.2) is 6.29 Å². The molecule has 0 N–H and O–H groups in total. The molecule has 2 aromatic rings. The van der Waals surface area contributed by atoms with Crippen molar-refractivity contribution in [3.8, 4) is 0 Å². The molecule has 2 rings (SSSR count). The fourth-order valence-corrected chi connectivity index (χ4v) is 3.38. The van der Waals surface area contributed by atoms with Crippen LogP contribution in [0.5, 0.6) is 0 Å². The Morgan fingerprint density at radius 2 is 2.19 bits per heavy atom. The standard InChI is InChI=1S/C12H9ClOS2/c13-12-4-2-1-3-9(12)7-15-11-5-10(6-14)16-8-11/h1-6,8H,7H2. The summed E-state index contributed by atoms with van der Waals surface area (Å²) in [5.74, 6) is 0.828. The van der Waals surface area contributed by atoms with Gasteiger partial charge in [0.25, 0.3) is 0 Å². The molecule has 0 amide bonds. The summed E-state index contributed by atoms with van der Waals surface area (Å²) in [5.41, 5.74) is 1.12. The van der Waals surface area contributed by atoms with Gasteiger partial charge < -0.3 is 0 Å². The number of hydrogen-bond donors (Lipinski definition) is 0. The van der Waals surface area contributed by atoms with E-state index in [1.165, 1.54) is 11.3 Å². The molecule has 1 aromatic heterocycles. The van der Waals surface area contributed by atoms with Crippen molar-refractivity contribution in [2.45, 2.75) is 10.6 Å². The predicted molar refractivity (Wildman–Crippen MR) is 70.7 cm³/mol. The van der Waals surface area contributed by atoms with Crippen LogP contribution < -0.4 is 0 Å². The van der Waals surface area contributed by atoms with E-state index in [0.29, 0.717) is 0 Å². The number of halogens is 1. The Morgan fingerprint density at radius 3 is 2.88 bits per heavy atom. The van der Waals surface area contributed by atoms with E-state index in [0.717, 1.165) is 32.4 Å². The van der Waals surface area contributed by atoms with Gasteiger partial charge in [0.1, 0.15) is 0 Å². The fraction of sp³-hybridized carbons (Fsp3) is 0.0833. The fourth-order valence-electron chi connectivity index (χ4n) is 1.25. The third-order valence-electron chi connectivity index (χ3n) is 2.06. The molecule has 0 bridgehead atoms. The van der Waals surface area contributed by atoms with Crippen LogP contribution in [0.25, 0.3) is 0 Å². The lowest BCUT2D eigenvalue weighted by molar-refractivity contribution is 0.112. The Kier molecular flexibility index (Phi) is 4.04. The molecule has 0 aliphatic carbocycles. The molecule has 0 unspecified atom stereocenters. The number of benzene rings is 1. The molecule has 16 heavy (non-hydrogen) atoms. The molecule has 82 valence electrons. The average Bonchev–Trinajstić information content (AvgIpc) is 2.76. The van der Waals surface area contributed by atoms with Crippen molar-refractivity contribution in [2.24, 2.45) is 0 Å². The molecule has 0 spiro atoms. The van der Waals surface area contributed by atoms with E-state index in [1.54, 1.807) is 11.8 Å². The SMILES string of the molecule is O=Cc1cc(SCc2ccccc2Cl)cs1. The van der Waals surface area contributed by atoms with Gasteiger partial charge in [-0.15, -0.1) is 23.1 Å². The zero-order valence-corrected chi connectivity index (χ0v) is 10.7.